The molecule has 2 aromatic rings. The molecule has 1 aromatic heterocycles. The summed E-state index contributed by atoms with van der Waals surface area (Å²) in [6, 6.07) is 7.29. The number of benzene rings is 1. The molecule has 0 atom stereocenters. The van der Waals surface area contributed by atoms with Crippen LogP contribution < -0.4 is 5.32 Å². The first-order chi connectivity index (χ1) is 7.66. The predicted molar refractivity (Wildman–Crippen MR) is 55.6 cm³/mol. The number of rotatable bonds is 2. The first kappa shape index (κ1) is 10.4. The molecule has 0 spiro atoms. The second-order valence-corrected chi connectivity index (χ2v) is 3.26. The van der Waals surface area contributed by atoms with Crippen LogP contribution in [0.2, 0.25) is 0 Å². The molecule has 4 nitrogen and oxygen atoms in total. The van der Waals surface area contributed by atoms with E-state index in [9.17, 15) is 9.18 Å². The van der Waals surface area contributed by atoms with E-state index in [1.165, 1.54) is 18.2 Å². The summed E-state index contributed by atoms with van der Waals surface area (Å²) in [4.78, 5) is 11.6. The lowest BCUT2D eigenvalue weighted by Gasteiger charge is -2.01. The minimum atomic E-state index is -0.569. The number of carbonyl (C=O) groups is 1. The summed E-state index contributed by atoms with van der Waals surface area (Å²) in [6.45, 7) is 1.70. The minimum Gasteiger partial charge on any atom is -0.360 e. The molecule has 1 aromatic carbocycles. The Hall–Kier alpha value is -2.17. The van der Waals surface area contributed by atoms with Crippen LogP contribution >= 0.6 is 0 Å². The smallest absolute Gasteiger partial charge is 0.259 e. The molecule has 0 fully saturated rings. The van der Waals surface area contributed by atoms with E-state index in [2.05, 4.69) is 10.5 Å². The van der Waals surface area contributed by atoms with E-state index < -0.39 is 11.7 Å². The third-order valence-corrected chi connectivity index (χ3v) is 1.99. The van der Waals surface area contributed by atoms with Crippen LogP contribution in [0.1, 0.15) is 16.1 Å². The van der Waals surface area contributed by atoms with Gasteiger partial charge in [0.1, 0.15) is 11.6 Å². The maximum atomic E-state index is 13.2. The molecule has 0 saturated carbocycles. The van der Waals surface area contributed by atoms with Crippen LogP contribution in [0, 0.1) is 12.7 Å². The number of aromatic nitrogens is 1. The SMILES string of the molecule is Cc1cc(NC(=O)c2ccccc2F)no1. The molecule has 16 heavy (non-hydrogen) atoms. The van der Waals surface area contributed by atoms with Crippen molar-refractivity contribution in [1.82, 2.24) is 5.16 Å². The fraction of sp³-hybridized carbons (Fsp3) is 0.0909. The van der Waals surface area contributed by atoms with Gasteiger partial charge in [-0.25, -0.2) is 4.39 Å². The van der Waals surface area contributed by atoms with Gasteiger partial charge in [-0.3, -0.25) is 4.79 Å². The Kier molecular flexibility index (Phi) is 2.68. The van der Waals surface area contributed by atoms with E-state index in [4.69, 9.17) is 4.52 Å². The van der Waals surface area contributed by atoms with Crippen molar-refractivity contribution in [2.75, 3.05) is 5.32 Å². The number of anilines is 1. The largest absolute Gasteiger partial charge is 0.360 e. The Bertz CT molecular complexity index is 522. The third kappa shape index (κ3) is 2.08. The van der Waals surface area contributed by atoms with Crippen LogP contribution in [0.5, 0.6) is 0 Å². The minimum absolute atomic E-state index is 0.0249. The molecular weight excluding hydrogens is 211 g/mol. The van der Waals surface area contributed by atoms with Gasteiger partial charge >= 0.3 is 0 Å². The highest BCUT2D eigenvalue weighted by molar-refractivity contribution is 6.03. The number of hydrogen-bond acceptors (Lipinski definition) is 3. The van der Waals surface area contributed by atoms with Crippen LogP contribution in [-0.4, -0.2) is 11.1 Å². The van der Waals surface area contributed by atoms with Gasteiger partial charge in [0.05, 0.1) is 5.56 Å². The number of nitrogens with zero attached hydrogens (tertiary/aromatic N) is 1. The second kappa shape index (κ2) is 4.14. The van der Waals surface area contributed by atoms with E-state index in [0.717, 1.165) is 0 Å². The van der Waals surface area contributed by atoms with Gasteiger partial charge in [-0.05, 0) is 19.1 Å². The second-order valence-electron chi connectivity index (χ2n) is 3.26. The molecule has 1 amide bonds. The topological polar surface area (TPSA) is 55.1 Å². The lowest BCUT2D eigenvalue weighted by atomic mass is 10.2. The molecule has 0 radical (unpaired) electrons. The molecule has 0 bridgehead atoms. The van der Waals surface area contributed by atoms with Crippen molar-refractivity contribution >= 4 is 11.7 Å². The normalized spacial score (nSPS) is 10.1. The Morgan fingerprint density at radius 3 is 2.81 bits per heavy atom. The average Bonchev–Trinajstić information content (AvgIpc) is 2.64. The average molecular weight is 220 g/mol. The zero-order chi connectivity index (χ0) is 11.5. The quantitative estimate of drug-likeness (QED) is 0.845. The van der Waals surface area contributed by atoms with Gasteiger partial charge in [0.25, 0.3) is 5.91 Å². The van der Waals surface area contributed by atoms with Crippen molar-refractivity contribution in [3.8, 4) is 0 Å². The molecule has 0 aliphatic carbocycles. The zero-order valence-corrected chi connectivity index (χ0v) is 8.53. The fourth-order valence-electron chi connectivity index (χ4n) is 1.25. The van der Waals surface area contributed by atoms with Gasteiger partial charge < -0.3 is 9.84 Å². The molecule has 1 N–H and O–H groups in total. The lowest BCUT2D eigenvalue weighted by Crippen LogP contribution is -2.13. The number of halogens is 1. The Labute approximate surface area is 91.1 Å². The molecule has 0 saturated heterocycles. The van der Waals surface area contributed by atoms with Crippen molar-refractivity contribution in [3.63, 3.8) is 0 Å². The van der Waals surface area contributed by atoms with Gasteiger partial charge in [0.2, 0.25) is 0 Å². The molecule has 0 aliphatic heterocycles. The van der Waals surface area contributed by atoms with Crippen molar-refractivity contribution in [3.05, 3.63) is 47.5 Å². The highest BCUT2D eigenvalue weighted by atomic mass is 19.1. The van der Waals surface area contributed by atoms with E-state index in [-0.39, 0.29) is 11.4 Å². The number of hydrogen-bond donors (Lipinski definition) is 1. The van der Waals surface area contributed by atoms with Crippen LogP contribution in [0.15, 0.2) is 34.9 Å². The van der Waals surface area contributed by atoms with Crippen molar-refractivity contribution < 1.29 is 13.7 Å². The van der Waals surface area contributed by atoms with Crippen LogP contribution in [0.25, 0.3) is 0 Å². The Balaban J connectivity index is 2.18. The molecule has 2 rings (SSSR count). The van der Waals surface area contributed by atoms with Gasteiger partial charge in [-0.2, -0.15) is 0 Å². The Morgan fingerprint density at radius 1 is 1.44 bits per heavy atom. The van der Waals surface area contributed by atoms with Crippen molar-refractivity contribution in [2.45, 2.75) is 6.92 Å². The highest BCUT2D eigenvalue weighted by Gasteiger charge is 2.12. The number of amides is 1. The Morgan fingerprint density at radius 2 is 2.19 bits per heavy atom. The molecule has 1 heterocycles. The number of carbonyl (C=O) groups excluding carboxylic acids is 1. The maximum Gasteiger partial charge on any atom is 0.259 e. The summed E-state index contributed by atoms with van der Waals surface area (Å²) in [5, 5.41) is 6.02. The lowest BCUT2D eigenvalue weighted by molar-refractivity contribution is 0.102. The first-order valence-electron chi connectivity index (χ1n) is 4.66. The predicted octanol–water partition coefficient (Wildman–Crippen LogP) is 2.37. The summed E-state index contributed by atoms with van der Waals surface area (Å²) in [6.07, 6.45) is 0. The van der Waals surface area contributed by atoms with Gasteiger partial charge in [-0.15, -0.1) is 0 Å². The van der Waals surface area contributed by atoms with Gasteiger partial charge in [0, 0.05) is 6.07 Å². The fourth-order valence-corrected chi connectivity index (χ4v) is 1.25. The summed E-state index contributed by atoms with van der Waals surface area (Å²) < 4.78 is 18.0. The van der Waals surface area contributed by atoms with E-state index in [1.54, 1.807) is 19.1 Å². The third-order valence-electron chi connectivity index (χ3n) is 1.99. The number of nitrogens with one attached hydrogen (secondary N) is 1. The summed E-state index contributed by atoms with van der Waals surface area (Å²) in [7, 11) is 0. The van der Waals surface area contributed by atoms with Crippen molar-refractivity contribution in [1.29, 1.82) is 0 Å². The standard InChI is InChI=1S/C11H9FN2O2/c1-7-6-10(14-16-7)13-11(15)8-4-2-3-5-9(8)12/h2-6H,1H3,(H,13,14,15). The first-order valence-corrected chi connectivity index (χ1v) is 4.66. The molecule has 0 unspecified atom stereocenters. The monoisotopic (exact) mass is 220 g/mol. The molecule has 5 heteroatoms. The van der Waals surface area contributed by atoms with Crippen LogP contribution in [-0.2, 0) is 0 Å². The van der Waals surface area contributed by atoms with E-state index in [0.29, 0.717) is 5.76 Å². The highest BCUT2D eigenvalue weighted by Crippen LogP contribution is 2.11. The van der Waals surface area contributed by atoms with Gasteiger partial charge in [-0.1, -0.05) is 17.3 Å². The van der Waals surface area contributed by atoms with E-state index >= 15 is 0 Å². The zero-order valence-electron chi connectivity index (χ0n) is 8.53. The summed E-state index contributed by atoms with van der Waals surface area (Å²) in [5.74, 6) is -0.277. The molecule has 0 aliphatic rings. The summed E-state index contributed by atoms with van der Waals surface area (Å²) in [5.41, 5.74) is -0.0249. The number of aryl methyl sites for hydroxylation is 1. The van der Waals surface area contributed by atoms with Crippen LogP contribution in [0.3, 0.4) is 0 Å². The van der Waals surface area contributed by atoms with E-state index in [1.807, 2.05) is 0 Å². The summed E-state index contributed by atoms with van der Waals surface area (Å²) >= 11 is 0. The van der Waals surface area contributed by atoms with Crippen molar-refractivity contribution in [2.24, 2.45) is 0 Å². The molecule has 82 valence electrons. The van der Waals surface area contributed by atoms with Gasteiger partial charge in [0.15, 0.2) is 5.82 Å². The maximum absolute atomic E-state index is 13.2. The molecular formula is C11H9FN2O2. The van der Waals surface area contributed by atoms with Crippen LogP contribution in [0.4, 0.5) is 10.2 Å².